The average molecular weight is 569 g/mol. The molecule has 1 unspecified atom stereocenters. The molecular weight excluding hydrogens is 533 g/mol. The molecule has 1 aromatic carbocycles. The Labute approximate surface area is 232 Å². The number of fused-ring (bicyclic) bond motifs is 1. The number of nitrogens with zero attached hydrogens (tertiary/aromatic N) is 2. The summed E-state index contributed by atoms with van der Waals surface area (Å²) in [6, 6.07) is 3.91. The molecule has 39 heavy (non-hydrogen) atoms. The van der Waals surface area contributed by atoms with Crippen LogP contribution in [-0.4, -0.2) is 59.5 Å². The molecule has 1 atom stereocenters. The van der Waals surface area contributed by atoms with Crippen LogP contribution >= 0.6 is 11.6 Å². The minimum atomic E-state index is -4.68. The largest absolute Gasteiger partial charge is 0.523 e. The number of benzene rings is 1. The van der Waals surface area contributed by atoms with Gasteiger partial charge in [-0.15, -0.1) is 13.2 Å². The van der Waals surface area contributed by atoms with Gasteiger partial charge in [-0.25, -0.2) is 4.79 Å². The number of rotatable bonds is 7. The molecule has 0 aromatic heterocycles. The number of likely N-dealkylation sites (tertiary alicyclic amines) is 1. The second kappa shape index (κ2) is 11.9. The number of piperidine rings is 1. The number of ether oxygens (including phenoxy) is 2. The van der Waals surface area contributed by atoms with Crippen molar-refractivity contribution in [3.05, 3.63) is 57.6 Å². The van der Waals surface area contributed by atoms with E-state index in [9.17, 15) is 22.8 Å². The van der Waals surface area contributed by atoms with E-state index in [0.717, 1.165) is 48.8 Å². The zero-order valence-corrected chi connectivity index (χ0v) is 23.4. The fourth-order valence-corrected chi connectivity index (χ4v) is 5.71. The molecule has 1 fully saturated rings. The van der Waals surface area contributed by atoms with Crippen molar-refractivity contribution in [2.45, 2.75) is 83.9 Å². The van der Waals surface area contributed by atoms with Gasteiger partial charge in [0.25, 0.3) is 5.91 Å². The van der Waals surface area contributed by atoms with Crippen LogP contribution in [0.1, 0.15) is 74.4 Å². The van der Waals surface area contributed by atoms with E-state index in [2.05, 4.69) is 4.74 Å². The Morgan fingerprint density at radius 1 is 1.15 bits per heavy atom. The maximum atomic E-state index is 13.0. The third-order valence-electron chi connectivity index (χ3n) is 7.23. The molecule has 0 bridgehead atoms. The van der Waals surface area contributed by atoms with E-state index in [1.165, 1.54) is 6.08 Å². The summed E-state index contributed by atoms with van der Waals surface area (Å²) >= 11 is 6.53. The summed E-state index contributed by atoms with van der Waals surface area (Å²) < 4.78 is 46.8. The monoisotopic (exact) mass is 568 g/mol. The molecule has 0 radical (unpaired) electrons. The molecule has 0 N–H and O–H groups in total. The highest BCUT2D eigenvalue weighted by atomic mass is 35.5. The maximum absolute atomic E-state index is 13.0. The van der Waals surface area contributed by atoms with Crippen LogP contribution in [0.25, 0.3) is 0 Å². The number of alkyl halides is 3. The van der Waals surface area contributed by atoms with Gasteiger partial charge < -0.3 is 14.5 Å². The van der Waals surface area contributed by atoms with E-state index in [4.69, 9.17) is 16.3 Å². The molecule has 0 spiro atoms. The Morgan fingerprint density at radius 2 is 1.87 bits per heavy atom. The minimum absolute atomic E-state index is 0.102. The number of hydrogen-bond acceptors (Lipinski definition) is 4. The summed E-state index contributed by atoms with van der Waals surface area (Å²) in [5.41, 5.74) is 2.76. The van der Waals surface area contributed by atoms with Gasteiger partial charge in [0.05, 0.1) is 16.7 Å². The Morgan fingerprint density at radius 3 is 2.49 bits per heavy atom. The van der Waals surface area contributed by atoms with Crippen molar-refractivity contribution in [3.8, 4) is 0 Å². The van der Waals surface area contributed by atoms with Gasteiger partial charge in [0, 0.05) is 26.2 Å². The van der Waals surface area contributed by atoms with Crippen LogP contribution in [0, 0.1) is 5.92 Å². The average Bonchev–Trinajstić information content (AvgIpc) is 3.14. The second-order valence-electron chi connectivity index (χ2n) is 11.6. The molecule has 1 saturated heterocycles. The first kappa shape index (κ1) is 29.5. The van der Waals surface area contributed by atoms with Crippen molar-refractivity contribution in [3.63, 3.8) is 0 Å². The molecule has 3 aliphatic rings. The van der Waals surface area contributed by atoms with Crippen molar-refractivity contribution < 1.29 is 32.2 Å². The summed E-state index contributed by atoms with van der Waals surface area (Å²) in [6.45, 7) is 7.76. The van der Waals surface area contributed by atoms with Gasteiger partial charge in [0.1, 0.15) is 5.60 Å². The second-order valence-corrected chi connectivity index (χ2v) is 12.0. The lowest BCUT2D eigenvalue weighted by molar-refractivity contribution is -0.336. The van der Waals surface area contributed by atoms with Crippen LogP contribution in [0.4, 0.5) is 18.0 Å². The van der Waals surface area contributed by atoms with Crippen molar-refractivity contribution in [2.75, 3.05) is 19.6 Å². The van der Waals surface area contributed by atoms with Gasteiger partial charge in [0.15, 0.2) is 0 Å². The maximum Gasteiger partial charge on any atom is 0.523 e. The van der Waals surface area contributed by atoms with Crippen molar-refractivity contribution in [1.29, 1.82) is 0 Å². The summed E-state index contributed by atoms with van der Waals surface area (Å²) in [4.78, 5) is 28.7. The van der Waals surface area contributed by atoms with Crippen molar-refractivity contribution >= 4 is 23.6 Å². The molecule has 10 heteroatoms. The van der Waals surface area contributed by atoms with Gasteiger partial charge in [-0.1, -0.05) is 35.9 Å². The predicted octanol–water partition coefficient (Wildman–Crippen LogP) is 7.06. The molecule has 2 heterocycles. The summed E-state index contributed by atoms with van der Waals surface area (Å²) in [5, 5.41) is 0.437. The van der Waals surface area contributed by atoms with E-state index in [0.29, 0.717) is 42.7 Å². The zero-order chi connectivity index (χ0) is 28.4. The van der Waals surface area contributed by atoms with Crippen LogP contribution in [0.15, 0.2) is 35.9 Å². The first-order chi connectivity index (χ1) is 18.3. The fraction of sp³-hybridized carbons (Fsp3) is 0.586. The summed E-state index contributed by atoms with van der Waals surface area (Å²) in [5.74, 6) is 0.393. The standard InChI is InChI=1S/C29H36ClF3N2O4/c1-28(2,3)39-27(37)34-13-11-19(12-14-34)5-4-6-21-15-22-18-35(26(36)25(22)24(30)16-21)17-20-7-9-23(10-8-20)38-29(31,32)33/h7-9,15-16,19,23H,4-6,10-14,17-18H2,1-3H3. The van der Waals surface area contributed by atoms with Crippen LogP contribution in [0.2, 0.25) is 5.02 Å². The van der Waals surface area contributed by atoms with E-state index in [-0.39, 0.29) is 18.4 Å². The highest BCUT2D eigenvalue weighted by Gasteiger charge is 2.34. The van der Waals surface area contributed by atoms with Crippen LogP contribution in [0.5, 0.6) is 0 Å². The number of hydrogen-bond donors (Lipinski definition) is 0. The van der Waals surface area contributed by atoms with Gasteiger partial charge in [-0.05, 0) is 88.0 Å². The molecule has 214 valence electrons. The van der Waals surface area contributed by atoms with Gasteiger partial charge in [0.2, 0.25) is 0 Å². The molecule has 1 aromatic rings. The fourth-order valence-electron chi connectivity index (χ4n) is 5.37. The number of carbonyl (C=O) groups excluding carboxylic acids is 2. The van der Waals surface area contributed by atoms with E-state index < -0.39 is 18.1 Å². The van der Waals surface area contributed by atoms with Crippen molar-refractivity contribution in [2.24, 2.45) is 5.92 Å². The lowest BCUT2D eigenvalue weighted by Crippen LogP contribution is -2.41. The zero-order valence-electron chi connectivity index (χ0n) is 22.7. The number of halogens is 4. The Kier molecular flexibility index (Phi) is 9.01. The van der Waals surface area contributed by atoms with E-state index in [1.807, 2.05) is 32.9 Å². The Hall–Kier alpha value is -2.52. The molecule has 0 saturated carbocycles. The number of aryl methyl sites for hydroxylation is 1. The van der Waals surface area contributed by atoms with Crippen LogP contribution in [-0.2, 0) is 22.4 Å². The molecule has 1 aliphatic carbocycles. The third-order valence-corrected chi connectivity index (χ3v) is 7.53. The predicted molar refractivity (Wildman–Crippen MR) is 142 cm³/mol. The molecule has 2 amide bonds. The molecular formula is C29H36ClF3N2O4. The Bertz CT molecular complexity index is 1130. The lowest BCUT2D eigenvalue weighted by Gasteiger charge is -2.33. The Balaban J connectivity index is 1.25. The lowest BCUT2D eigenvalue weighted by atomic mass is 9.90. The third kappa shape index (κ3) is 8.24. The highest BCUT2D eigenvalue weighted by Crippen LogP contribution is 2.33. The van der Waals surface area contributed by atoms with E-state index in [1.54, 1.807) is 22.0 Å². The van der Waals surface area contributed by atoms with Gasteiger partial charge in [-0.3, -0.25) is 9.53 Å². The summed E-state index contributed by atoms with van der Waals surface area (Å²) in [6.07, 6.45) is 3.59. The van der Waals surface area contributed by atoms with Gasteiger partial charge >= 0.3 is 12.5 Å². The van der Waals surface area contributed by atoms with Crippen molar-refractivity contribution in [1.82, 2.24) is 9.80 Å². The topological polar surface area (TPSA) is 59.1 Å². The van der Waals surface area contributed by atoms with E-state index >= 15 is 0 Å². The molecule has 2 aliphatic heterocycles. The highest BCUT2D eigenvalue weighted by molar-refractivity contribution is 6.34. The van der Waals surface area contributed by atoms with Crippen LogP contribution in [0.3, 0.4) is 0 Å². The molecule has 6 nitrogen and oxygen atoms in total. The molecule has 4 rings (SSSR count). The quantitative estimate of drug-likeness (QED) is 0.353. The normalized spacial score (nSPS) is 20.3. The first-order valence-electron chi connectivity index (χ1n) is 13.5. The number of amides is 2. The first-order valence-corrected chi connectivity index (χ1v) is 13.9. The minimum Gasteiger partial charge on any atom is -0.444 e. The van der Waals surface area contributed by atoms with Crippen LogP contribution < -0.4 is 0 Å². The number of carbonyl (C=O) groups is 2. The summed E-state index contributed by atoms with van der Waals surface area (Å²) in [7, 11) is 0. The smallest absolute Gasteiger partial charge is 0.444 e. The SMILES string of the molecule is CC(C)(C)OC(=O)N1CCC(CCCc2cc(Cl)c3c(c2)CN(CC2=CCC(OC(F)(F)F)C=C2)C3=O)CC1. The van der Waals surface area contributed by atoms with Gasteiger partial charge in [-0.2, -0.15) is 0 Å².